The average molecular weight is 399 g/mol. The molecule has 0 fully saturated rings. The molecule has 0 aromatic heterocycles. The van der Waals surface area contributed by atoms with Gasteiger partial charge in [0.2, 0.25) is 0 Å². The molecule has 1 amide bonds. The molecule has 4 nitrogen and oxygen atoms in total. The summed E-state index contributed by atoms with van der Waals surface area (Å²) in [4.78, 5) is 12.8. The minimum Gasteiger partial charge on any atom is -0.493 e. The molecule has 0 aliphatic heterocycles. The number of nitrogens with one attached hydrogen (secondary N) is 1. The van der Waals surface area contributed by atoms with Gasteiger partial charge in [-0.25, -0.2) is 0 Å². The molecular weight excluding hydrogens is 372 g/mol. The lowest BCUT2D eigenvalue weighted by Crippen LogP contribution is -2.13. The highest BCUT2D eigenvalue weighted by Gasteiger charge is 2.12. The van der Waals surface area contributed by atoms with Crippen LogP contribution in [0.2, 0.25) is 0 Å². The highest BCUT2D eigenvalue weighted by Crippen LogP contribution is 2.25. The van der Waals surface area contributed by atoms with Crippen LogP contribution in [0, 0.1) is 11.3 Å². The van der Waals surface area contributed by atoms with Crippen LogP contribution in [0.3, 0.4) is 0 Å². The Kier molecular flexibility index (Phi) is 7.63. The van der Waals surface area contributed by atoms with Crippen molar-refractivity contribution in [1.29, 1.82) is 5.26 Å². The van der Waals surface area contributed by atoms with Gasteiger partial charge in [0.15, 0.2) is 0 Å². The second kappa shape index (κ2) is 10.8. The summed E-state index contributed by atoms with van der Waals surface area (Å²) in [7, 11) is 0. The molecule has 0 radical (unpaired) electrons. The van der Waals surface area contributed by atoms with Gasteiger partial charge in [0, 0.05) is 16.6 Å². The zero-order valence-corrected chi connectivity index (χ0v) is 17.2. The Morgan fingerprint density at radius 1 is 1.00 bits per heavy atom. The van der Waals surface area contributed by atoms with Crippen LogP contribution >= 0.6 is 0 Å². The van der Waals surface area contributed by atoms with E-state index in [2.05, 4.69) is 12.2 Å². The van der Waals surface area contributed by atoms with E-state index in [-0.39, 0.29) is 5.57 Å². The lowest BCUT2D eigenvalue weighted by Gasteiger charge is -2.10. The van der Waals surface area contributed by atoms with Gasteiger partial charge in [-0.1, -0.05) is 80.8 Å². The number of rotatable bonds is 9. The number of nitriles is 1. The van der Waals surface area contributed by atoms with Crippen molar-refractivity contribution in [3.63, 3.8) is 0 Å². The third kappa shape index (κ3) is 5.48. The maximum atomic E-state index is 12.8. The Morgan fingerprint density at radius 2 is 1.77 bits per heavy atom. The standard InChI is InChI=1S/C26H26N2O2/c1-2-3-4-9-17-30-25-16-8-6-12-21(25)18-22(19-27)26(29)28-24-15-10-13-20-11-5-7-14-23(20)24/h5-8,10-16,18H,2-4,9,17H2,1H3,(H,28,29)/b22-18+. The van der Waals surface area contributed by atoms with Crippen LogP contribution in [0.1, 0.15) is 38.2 Å². The third-order valence-electron chi connectivity index (χ3n) is 4.88. The number of carbonyl (C=O) groups excluding carboxylic acids is 1. The number of nitrogens with zero attached hydrogens (tertiary/aromatic N) is 1. The van der Waals surface area contributed by atoms with Gasteiger partial charge >= 0.3 is 0 Å². The van der Waals surface area contributed by atoms with E-state index in [4.69, 9.17) is 4.74 Å². The molecule has 0 bridgehead atoms. The van der Waals surface area contributed by atoms with Crippen molar-refractivity contribution in [2.45, 2.75) is 32.6 Å². The molecule has 0 spiro atoms. The van der Waals surface area contributed by atoms with Crippen LogP contribution in [0.15, 0.2) is 72.3 Å². The monoisotopic (exact) mass is 398 g/mol. The largest absolute Gasteiger partial charge is 0.493 e. The van der Waals surface area contributed by atoms with E-state index in [1.54, 1.807) is 6.08 Å². The number of para-hydroxylation sites is 1. The first-order valence-corrected chi connectivity index (χ1v) is 10.4. The summed E-state index contributed by atoms with van der Waals surface area (Å²) in [6, 6.07) is 23.0. The number of fused-ring (bicyclic) bond motifs is 1. The molecule has 0 aliphatic carbocycles. The molecule has 3 rings (SSSR count). The quantitative estimate of drug-likeness (QED) is 0.260. The van der Waals surface area contributed by atoms with Crippen molar-refractivity contribution in [3.05, 3.63) is 77.9 Å². The predicted octanol–water partition coefficient (Wildman–Crippen LogP) is 6.34. The number of anilines is 1. The van der Waals surface area contributed by atoms with E-state index >= 15 is 0 Å². The molecule has 0 saturated heterocycles. The Morgan fingerprint density at radius 3 is 2.60 bits per heavy atom. The summed E-state index contributed by atoms with van der Waals surface area (Å²) < 4.78 is 5.90. The van der Waals surface area contributed by atoms with Crippen molar-refractivity contribution in [2.75, 3.05) is 11.9 Å². The third-order valence-corrected chi connectivity index (χ3v) is 4.88. The topological polar surface area (TPSA) is 62.1 Å². The number of amides is 1. The Bertz CT molecular complexity index is 1070. The summed E-state index contributed by atoms with van der Waals surface area (Å²) in [5.41, 5.74) is 1.43. The van der Waals surface area contributed by atoms with Gasteiger partial charge in [-0.2, -0.15) is 5.26 Å². The molecule has 152 valence electrons. The fourth-order valence-electron chi connectivity index (χ4n) is 3.27. The van der Waals surface area contributed by atoms with Gasteiger partial charge in [-0.05, 0) is 30.0 Å². The lowest BCUT2D eigenvalue weighted by atomic mass is 10.1. The fourth-order valence-corrected chi connectivity index (χ4v) is 3.27. The summed E-state index contributed by atoms with van der Waals surface area (Å²) in [5.74, 6) is 0.242. The number of unbranched alkanes of at least 4 members (excludes halogenated alkanes) is 3. The van der Waals surface area contributed by atoms with Crippen molar-refractivity contribution >= 4 is 28.4 Å². The minimum atomic E-state index is -0.438. The van der Waals surface area contributed by atoms with Crippen LogP contribution < -0.4 is 10.1 Å². The molecule has 0 saturated carbocycles. The molecule has 0 unspecified atom stereocenters. The van der Waals surface area contributed by atoms with Gasteiger partial charge in [-0.3, -0.25) is 4.79 Å². The fraction of sp³-hybridized carbons (Fsp3) is 0.231. The molecule has 3 aromatic rings. The SMILES string of the molecule is CCCCCCOc1ccccc1/C=C(\C#N)C(=O)Nc1cccc2ccccc12. The summed E-state index contributed by atoms with van der Waals surface area (Å²) in [6.07, 6.45) is 6.07. The van der Waals surface area contributed by atoms with Crippen LogP contribution in [0.25, 0.3) is 16.8 Å². The number of hydrogen-bond acceptors (Lipinski definition) is 3. The van der Waals surface area contributed by atoms with E-state index < -0.39 is 5.91 Å². The number of benzene rings is 3. The van der Waals surface area contributed by atoms with Gasteiger partial charge in [0.05, 0.1) is 6.61 Å². The molecule has 3 aromatic carbocycles. The molecule has 0 heterocycles. The van der Waals surface area contributed by atoms with Crippen LogP contribution in [-0.2, 0) is 4.79 Å². The second-order valence-corrected chi connectivity index (χ2v) is 7.10. The summed E-state index contributed by atoms with van der Waals surface area (Å²) in [5, 5.41) is 14.4. The molecule has 0 atom stereocenters. The Hall–Kier alpha value is -3.58. The minimum absolute atomic E-state index is 0.0324. The second-order valence-electron chi connectivity index (χ2n) is 7.10. The van der Waals surface area contributed by atoms with Gasteiger partial charge < -0.3 is 10.1 Å². The number of carbonyl (C=O) groups is 1. The summed E-state index contributed by atoms with van der Waals surface area (Å²) >= 11 is 0. The highest BCUT2D eigenvalue weighted by molar-refractivity contribution is 6.13. The first-order chi connectivity index (χ1) is 14.7. The van der Waals surface area contributed by atoms with E-state index in [0.29, 0.717) is 18.0 Å². The zero-order valence-electron chi connectivity index (χ0n) is 17.2. The molecule has 1 N–H and O–H groups in total. The Balaban J connectivity index is 1.77. The maximum Gasteiger partial charge on any atom is 0.266 e. The highest BCUT2D eigenvalue weighted by atomic mass is 16.5. The molecule has 30 heavy (non-hydrogen) atoms. The van der Waals surface area contributed by atoms with E-state index in [9.17, 15) is 10.1 Å². The van der Waals surface area contributed by atoms with Crippen LogP contribution in [0.5, 0.6) is 5.75 Å². The zero-order chi connectivity index (χ0) is 21.2. The van der Waals surface area contributed by atoms with E-state index in [1.165, 1.54) is 12.8 Å². The van der Waals surface area contributed by atoms with Crippen molar-refractivity contribution in [3.8, 4) is 11.8 Å². The average Bonchev–Trinajstić information content (AvgIpc) is 2.78. The normalized spacial score (nSPS) is 11.1. The smallest absolute Gasteiger partial charge is 0.266 e. The number of hydrogen-bond donors (Lipinski definition) is 1. The molecular formula is C26H26N2O2. The first kappa shape index (κ1) is 21.1. The van der Waals surface area contributed by atoms with Crippen molar-refractivity contribution < 1.29 is 9.53 Å². The van der Waals surface area contributed by atoms with Crippen molar-refractivity contribution in [2.24, 2.45) is 0 Å². The summed E-state index contributed by atoms with van der Waals surface area (Å²) in [6.45, 7) is 2.79. The van der Waals surface area contributed by atoms with E-state index in [0.717, 1.165) is 29.2 Å². The van der Waals surface area contributed by atoms with Crippen LogP contribution in [-0.4, -0.2) is 12.5 Å². The molecule has 4 heteroatoms. The van der Waals surface area contributed by atoms with Crippen molar-refractivity contribution in [1.82, 2.24) is 0 Å². The van der Waals surface area contributed by atoms with Gasteiger partial charge in [0.1, 0.15) is 17.4 Å². The van der Waals surface area contributed by atoms with Crippen LogP contribution in [0.4, 0.5) is 5.69 Å². The lowest BCUT2D eigenvalue weighted by molar-refractivity contribution is -0.112. The maximum absolute atomic E-state index is 12.8. The molecule has 0 aliphatic rings. The predicted molar refractivity (Wildman–Crippen MR) is 122 cm³/mol. The van der Waals surface area contributed by atoms with E-state index in [1.807, 2.05) is 72.8 Å². The first-order valence-electron chi connectivity index (χ1n) is 10.4. The van der Waals surface area contributed by atoms with Gasteiger partial charge in [-0.15, -0.1) is 0 Å². The van der Waals surface area contributed by atoms with Gasteiger partial charge in [0.25, 0.3) is 5.91 Å². The number of ether oxygens (including phenoxy) is 1. The Labute approximate surface area is 177 Å².